The predicted molar refractivity (Wildman–Crippen MR) is 52.5 cm³/mol. The maximum Gasteiger partial charge on any atom is 0.329 e. The number of ether oxygens (including phenoxy) is 1. The first-order chi connectivity index (χ1) is 7.10. The smallest absolute Gasteiger partial charge is 0.329 e. The molecule has 1 heterocycles. The Morgan fingerprint density at radius 3 is 2.47 bits per heavy atom. The molecule has 15 heavy (non-hydrogen) atoms. The van der Waals surface area contributed by atoms with Crippen LogP contribution >= 0.6 is 0 Å². The van der Waals surface area contributed by atoms with Gasteiger partial charge in [0.15, 0.2) is 0 Å². The van der Waals surface area contributed by atoms with E-state index in [2.05, 4.69) is 10.6 Å². The summed E-state index contributed by atoms with van der Waals surface area (Å²) in [5.41, 5.74) is -1.15. The second kappa shape index (κ2) is 5.09. The fourth-order valence-corrected chi connectivity index (χ4v) is 1.58. The van der Waals surface area contributed by atoms with Gasteiger partial charge in [-0.05, 0) is 7.05 Å². The molecule has 6 nitrogen and oxygen atoms in total. The first-order valence-electron chi connectivity index (χ1n) is 4.87. The van der Waals surface area contributed by atoms with Crippen molar-refractivity contribution in [2.24, 2.45) is 0 Å². The Bertz CT molecular complexity index is 248. The first kappa shape index (κ1) is 11.9. The highest BCUT2D eigenvalue weighted by Crippen LogP contribution is 2.20. The SMILES string of the molecule is CNCC(=O)NC1(C(=O)O)CCOCC1. The molecular weight excluding hydrogens is 200 g/mol. The normalized spacial score (nSPS) is 19.5. The Morgan fingerprint density at radius 2 is 2.00 bits per heavy atom. The van der Waals surface area contributed by atoms with Crippen LogP contribution in [0, 0.1) is 0 Å². The number of likely N-dealkylation sites (N-methyl/N-ethyl adjacent to an activating group) is 1. The second-order valence-corrected chi connectivity index (χ2v) is 3.58. The molecule has 0 aromatic heterocycles. The number of amides is 1. The lowest BCUT2D eigenvalue weighted by Gasteiger charge is -2.33. The summed E-state index contributed by atoms with van der Waals surface area (Å²) >= 11 is 0. The van der Waals surface area contributed by atoms with Crippen LogP contribution in [0.25, 0.3) is 0 Å². The largest absolute Gasteiger partial charge is 0.480 e. The molecule has 1 fully saturated rings. The van der Waals surface area contributed by atoms with E-state index in [0.717, 1.165) is 0 Å². The van der Waals surface area contributed by atoms with Gasteiger partial charge in [0, 0.05) is 26.1 Å². The highest BCUT2D eigenvalue weighted by molar-refractivity contribution is 5.87. The Morgan fingerprint density at radius 1 is 1.40 bits per heavy atom. The van der Waals surface area contributed by atoms with Crippen molar-refractivity contribution in [3.8, 4) is 0 Å². The molecule has 1 aliphatic rings. The molecule has 0 spiro atoms. The summed E-state index contributed by atoms with van der Waals surface area (Å²) < 4.78 is 5.09. The Labute approximate surface area is 88.0 Å². The molecule has 1 rings (SSSR count). The van der Waals surface area contributed by atoms with E-state index >= 15 is 0 Å². The molecular formula is C9H16N2O4. The van der Waals surface area contributed by atoms with Crippen LogP contribution in [0.15, 0.2) is 0 Å². The monoisotopic (exact) mass is 216 g/mol. The van der Waals surface area contributed by atoms with E-state index in [4.69, 9.17) is 9.84 Å². The van der Waals surface area contributed by atoms with Crippen molar-refractivity contribution in [2.75, 3.05) is 26.8 Å². The van der Waals surface area contributed by atoms with Crippen LogP contribution < -0.4 is 10.6 Å². The van der Waals surface area contributed by atoms with Gasteiger partial charge in [0.2, 0.25) is 5.91 Å². The fourth-order valence-electron chi connectivity index (χ4n) is 1.58. The second-order valence-electron chi connectivity index (χ2n) is 3.58. The zero-order valence-corrected chi connectivity index (χ0v) is 8.71. The average molecular weight is 216 g/mol. The quantitative estimate of drug-likeness (QED) is 0.558. The number of nitrogens with one attached hydrogen (secondary N) is 2. The van der Waals surface area contributed by atoms with Crippen LogP contribution in [0.1, 0.15) is 12.8 Å². The molecule has 6 heteroatoms. The van der Waals surface area contributed by atoms with Crippen molar-refractivity contribution in [3.63, 3.8) is 0 Å². The van der Waals surface area contributed by atoms with Crippen molar-refractivity contribution in [2.45, 2.75) is 18.4 Å². The van der Waals surface area contributed by atoms with Gasteiger partial charge in [-0.25, -0.2) is 4.79 Å². The van der Waals surface area contributed by atoms with E-state index in [1.54, 1.807) is 7.05 Å². The molecule has 3 N–H and O–H groups in total. The fraction of sp³-hybridized carbons (Fsp3) is 0.778. The summed E-state index contributed by atoms with van der Waals surface area (Å²) in [7, 11) is 1.64. The minimum absolute atomic E-state index is 0.121. The van der Waals surface area contributed by atoms with Crippen molar-refractivity contribution in [1.29, 1.82) is 0 Å². The maximum atomic E-state index is 11.3. The van der Waals surface area contributed by atoms with E-state index in [-0.39, 0.29) is 12.5 Å². The van der Waals surface area contributed by atoms with Gasteiger partial charge in [-0.2, -0.15) is 0 Å². The lowest BCUT2D eigenvalue weighted by Crippen LogP contribution is -2.58. The minimum Gasteiger partial charge on any atom is -0.480 e. The first-order valence-corrected chi connectivity index (χ1v) is 4.87. The average Bonchev–Trinajstić information content (AvgIpc) is 2.19. The Balaban J connectivity index is 2.64. The molecule has 0 atom stereocenters. The summed E-state index contributed by atoms with van der Waals surface area (Å²) in [6.45, 7) is 0.855. The third kappa shape index (κ3) is 2.90. The van der Waals surface area contributed by atoms with Gasteiger partial charge in [0.05, 0.1) is 6.54 Å². The van der Waals surface area contributed by atoms with E-state index < -0.39 is 11.5 Å². The molecule has 1 aliphatic heterocycles. The molecule has 0 saturated carbocycles. The van der Waals surface area contributed by atoms with Gasteiger partial charge in [0.1, 0.15) is 5.54 Å². The van der Waals surface area contributed by atoms with E-state index in [1.165, 1.54) is 0 Å². The van der Waals surface area contributed by atoms with Gasteiger partial charge >= 0.3 is 5.97 Å². The standard InChI is InChI=1S/C9H16N2O4/c1-10-6-7(12)11-9(8(13)14)2-4-15-5-3-9/h10H,2-6H2,1H3,(H,11,12)(H,13,14). The van der Waals surface area contributed by atoms with Gasteiger partial charge in [-0.15, -0.1) is 0 Å². The third-order valence-electron chi connectivity index (χ3n) is 2.47. The van der Waals surface area contributed by atoms with Crippen molar-refractivity contribution in [1.82, 2.24) is 10.6 Å². The Kier molecular flexibility index (Phi) is 4.05. The van der Waals surface area contributed by atoms with Crippen LogP contribution in [0.5, 0.6) is 0 Å². The molecule has 0 unspecified atom stereocenters. The summed E-state index contributed by atoms with van der Waals surface area (Å²) in [4.78, 5) is 22.5. The zero-order valence-electron chi connectivity index (χ0n) is 8.71. The lowest BCUT2D eigenvalue weighted by atomic mass is 9.90. The van der Waals surface area contributed by atoms with Crippen molar-refractivity contribution >= 4 is 11.9 Å². The van der Waals surface area contributed by atoms with Crippen LogP contribution in [-0.2, 0) is 14.3 Å². The lowest BCUT2D eigenvalue weighted by molar-refractivity contribution is -0.152. The molecule has 1 saturated heterocycles. The van der Waals surface area contributed by atoms with Crippen LogP contribution in [0.3, 0.4) is 0 Å². The topological polar surface area (TPSA) is 87.7 Å². The summed E-state index contributed by atoms with van der Waals surface area (Å²) in [6.07, 6.45) is 0.634. The number of aliphatic carboxylic acids is 1. The maximum absolute atomic E-state index is 11.3. The number of carbonyl (C=O) groups excluding carboxylic acids is 1. The molecule has 0 aliphatic carbocycles. The molecule has 0 aromatic carbocycles. The number of carbonyl (C=O) groups is 2. The van der Waals surface area contributed by atoms with E-state index in [9.17, 15) is 9.59 Å². The summed E-state index contributed by atoms with van der Waals surface area (Å²) in [5.74, 6) is -1.29. The van der Waals surface area contributed by atoms with Crippen LogP contribution in [0.2, 0.25) is 0 Å². The Hall–Kier alpha value is -1.14. The highest BCUT2D eigenvalue weighted by atomic mass is 16.5. The number of carboxylic acid groups (broad SMARTS) is 1. The number of hydrogen-bond acceptors (Lipinski definition) is 4. The molecule has 0 aromatic rings. The van der Waals surface area contributed by atoms with Crippen molar-refractivity contribution in [3.05, 3.63) is 0 Å². The highest BCUT2D eigenvalue weighted by Gasteiger charge is 2.41. The molecule has 0 bridgehead atoms. The number of rotatable bonds is 4. The van der Waals surface area contributed by atoms with E-state index in [0.29, 0.717) is 26.1 Å². The van der Waals surface area contributed by atoms with Gasteiger partial charge in [-0.3, -0.25) is 4.79 Å². The van der Waals surface area contributed by atoms with Gasteiger partial charge < -0.3 is 20.5 Å². The zero-order chi connectivity index (χ0) is 11.3. The number of hydrogen-bond donors (Lipinski definition) is 3. The summed E-state index contributed by atoms with van der Waals surface area (Å²) in [5, 5.41) is 14.3. The van der Waals surface area contributed by atoms with Crippen LogP contribution in [-0.4, -0.2) is 49.3 Å². The summed E-state index contributed by atoms with van der Waals surface area (Å²) in [6, 6.07) is 0. The van der Waals surface area contributed by atoms with Crippen LogP contribution in [0.4, 0.5) is 0 Å². The third-order valence-corrected chi connectivity index (χ3v) is 2.47. The molecule has 86 valence electrons. The predicted octanol–water partition coefficient (Wildman–Crippen LogP) is -1.04. The van der Waals surface area contributed by atoms with E-state index in [1.807, 2.05) is 0 Å². The molecule has 0 radical (unpaired) electrons. The minimum atomic E-state index is -1.15. The van der Waals surface area contributed by atoms with Crippen molar-refractivity contribution < 1.29 is 19.4 Å². The van der Waals surface area contributed by atoms with Gasteiger partial charge in [0.25, 0.3) is 0 Å². The van der Waals surface area contributed by atoms with Gasteiger partial charge in [-0.1, -0.05) is 0 Å². The number of carboxylic acids is 1. The molecule has 1 amide bonds.